The number of hydrogen-bond acceptors (Lipinski definition) is 6. The summed E-state index contributed by atoms with van der Waals surface area (Å²) in [4.78, 5) is 19.9. The summed E-state index contributed by atoms with van der Waals surface area (Å²) < 4.78 is 0. The van der Waals surface area contributed by atoms with Crippen LogP contribution in [0, 0.1) is 0 Å². The van der Waals surface area contributed by atoms with E-state index in [0.717, 1.165) is 37.7 Å². The molecule has 2 heterocycles. The van der Waals surface area contributed by atoms with Gasteiger partial charge in [0.1, 0.15) is 6.04 Å². The van der Waals surface area contributed by atoms with Crippen molar-refractivity contribution in [3.8, 4) is 0 Å². The first-order valence-corrected chi connectivity index (χ1v) is 7.83. The number of carbonyl (C=O) groups is 1. The van der Waals surface area contributed by atoms with E-state index in [1.54, 1.807) is 5.38 Å². The van der Waals surface area contributed by atoms with Crippen molar-refractivity contribution in [2.24, 2.45) is 5.73 Å². The smallest absolute Gasteiger partial charge is 0.326 e. The molecule has 1 aromatic heterocycles. The fourth-order valence-corrected chi connectivity index (χ4v) is 3.22. The topological polar surface area (TPSA) is 82.7 Å². The quantitative estimate of drug-likeness (QED) is 0.848. The summed E-state index contributed by atoms with van der Waals surface area (Å²) in [6, 6.07) is -0.411. The zero-order chi connectivity index (χ0) is 14.7. The van der Waals surface area contributed by atoms with Crippen LogP contribution in [0.2, 0.25) is 0 Å². The largest absolute Gasteiger partial charge is 0.480 e. The van der Waals surface area contributed by atoms with E-state index in [9.17, 15) is 4.79 Å². The fraction of sp³-hybridized carbons (Fsp3) is 0.692. The molecule has 0 bridgehead atoms. The maximum atomic E-state index is 10.9. The maximum Gasteiger partial charge on any atom is 0.326 e. The van der Waals surface area contributed by atoms with E-state index in [4.69, 9.17) is 10.8 Å². The molecule has 0 saturated carbocycles. The van der Waals surface area contributed by atoms with E-state index in [1.807, 2.05) is 0 Å². The molecule has 1 aliphatic rings. The molecule has 1 saturated heterocycles. The van der Waals surface area contributed by atoms with Gasteiger partial charge in [-0.2, -0.15) is 0 Å². The summed E-state index contributed by atoms with van der Waals surface area (Å²) in [5.41, 5.74) is 6.02. The molecule has 1 aromatic rings. The maximum absolute atomic E-state index is 10.9. The van der Waals surface area contributed by atoms with Gasteiger partial charge in [0.25, 0.3) is 0 Å². The molecule has 0 aromatic carbocycles. The zero-order valence-corrected chi connectivity index (χ0v) is 12.8. The van der Waals surface area contributed by atoms with Gasteiger partial charge in [-0.3, -0.25) is 9.69 Å². The minimum absolute atomic E-state index is 0.446. The van der Waals surface area contributed by atoms with Crippen molar-refractivity contribution in [3.05, 3.63) is 11.1 Å². The Balaban J connectivity index is 1.96. The van der Waals surface area contributed by atoms with Crippen LogP contribution in [0.25, 0.3) is 0 Å². The van der Waals surface area contributed by atoms with Gasteiger partial charge in [-0.25, -0.2) is 4.98 Å². The van der Waals surface area contributed by atoms with Crippen LogP contribution < -0.4 is 10.6 Å². The Morgan fingerprint density at radius 3 is 2.70 bits per heavy atom. The lowest BCUT2D eigenvalue weighted by Crippen LogP contribution is -2.49. The molecule has 1 aliphatic heterocycles. The van der Waals surface area contributed by atoms with Gasteiger partial charge in [0.15, 0.2) is 5.13 Å². The molecule has 0 radical (unpaired) electrons. The van der Waals surface area contributed by atoms with Crippen LogP contribution in [0.5, 0.6) is 0 Å². The van der Waals surface area contributed by atoms with Gasteiger partial charge < -0.3 is 15.7 Å². The van der Waals surface area contributed by atoms with Gasteiger partial charge in [0, 0.05) is 37.6 Å². The van der Waals surface area contributed by atoms with Crippen molar-refractivity contribution in [3.63, 3.8) is 0 Å². The van der Waals surface area contributed by atoms with Gasteiger partial charge in [0.2, 0.25) is 0 Å². The standard InChI is InChI=1S/C13H22N4O2S/c1-3-9(2)16-4-6-17(7-5-16)13-15-10(8-20-13)11(14)12(18)19/h8-9,11H,3-7,14H2,1-2H3,(H,18,19). The monoisotopic (exact) mass is 298 g/mol. The summed E-state index contributed by atoms with van der Waals surface area (Å²) >= 11 is 1.47. The molecule has 0 spiro atoms. The van der Waals surface area contributed by atoms with E-state index >= 15 is 0 Å². The average molecular weight is 298 g/mol. The van der Waals surface area contributed by atoms with Crippen molar-refractivity contribution in [1.29, 1.82) is 0 Å². The summed E-state index contributed by atoms with van der Waals surface area (Å²) in [5, 5.41) is 11.5. The molecule has 7 heteroatoms. The Morgan fingerprint density at radius 1 is 1.50 bits per heavy atom. The molecule has 0 amide bonds. The first kappa shape index (κ1) is 15.2. The van der Waals surface area contributed by atoms with Crippen molar-refractivity contribution in [1.82, 2.24) is 9.88 Å². The third-order valence-corrected chi connectivity index (χ3v) is 4.81. The molecule has 2 unspecified atom stereocenters. The van der Waals surface area contributed by atoms with Crippen LogP contribution in [0.4, 0.5) is 5.13 Å². The second-order valence-corrected chi connectivity index (χ2v) is 5.99. The lowest BCUT2D eigenvalue weighted by atomic mass is 10.2. The number of nitrogens with two attached hydrogens (primary N) is 1. The molecule has 2 atom stereocenters. The Bertz CT molecular complexity index is 457. The van der Waals surface area contributed by atoms with Crippen molar-refractivity contribution < 1.29 is 9.90 Å². The van der Waals surface area contributed by atoms with Crippen LogP contribution in [0.3, 0.4) is 0 Å². The second kappa shape index (κ2) is 6.51. The predicted molar refractivity (Wildman–Crippen MR) is 80.2 cm³/mol. The first-order chi connectivity index (χ1) is 9.52. The van der Waals surface area contributed by atoms with E-state index in [0.29, 0.717) is 11.7 Å². The summed E-state index contributed by atoms with van der Waals surface area (Å²) in [6.07, 6.45) is 1.16. The molecular formula is C13H22N4O2S. The third-order valence-electron chi connectivity index (χ3n) is 3.89. The highest BCUT2D eigenvalue weighted by atomic mass is 32.1. The molecule has 2 rings (SSSR count). The number of aliphatic carboxylic acids is 1. The van der Waals surface area contributed by atoms with E-state index < -0.39 is 12.0 Å². The van der Waals surface area contributed by atoms with Crippen LogP contribution in [-0.2, 0) is 4.79 Å². The number of thiazole rings is 1. The minimum atomic E-state index is -1.04. The van der Waals surface area contributed by atoms with E-state index in [2.05, 4.69) is 28.6 Å². The van der Waals surface area contributed by atoms with Crippen molar-refractivity contribution in [2.45, 2.75) is 32.4 Å². The van der Waals surface area contributed by atoms with Crippen LogP contribution in [0.1, 0.15) is 32.0 Å². The van der Waals surface area contributed by atoms with Crippen LogP contribution in [-0.4, -0.2) is 53.2 Å². The number of hydrogen-bond donors (Lipinski definition) is 2. The Labute approximate surface area is 123 Å². The van der Waals surface area contributed by atoms with Gasteiger partial charge in [0.05, 0.1) is 5.69 Å². The zero-order valence-electron chi connectivity index (χ0n) is 12.0. The predicted octanol–water partition coefficient (Wildman–Crippen LogP) is 1.15. The number of anilines is 1. The highest BCUT2D eigenvalue weighted by Gasteiger charge is 2.24. The Hall–Kier alpha value is -1.18. The summed E-state index contributed by atoms with van der Waals surface area (Å²) in [6.45, 7) is 8.36. The lowest BCUT2D eigenvalue weighted by molar-refractivity contribution is -0.138. The third kappa shape index (κ3) is 3.28. The van der Waals surface area contributed by atoms with Crippen LogP contribution in [0.15, 0.2) is 5.38 Å². The normalized spacial score (nSPS) is 19.9. The first-order valence-electron chi connectivity index (χ1n) is 6.95. The van der Waals surface area contributed by atoms with Gasteiger partial charge in [-0.05, 0) is 13.3 Å². The molecular weight excluding hydrogens is 276 g/mol. The van der Waals surface area contributed by atoms with Crippen LogP contribution >= 0.6 is 11.3 Å². The van der Waals surface area contributed by atoms with E-state index in [-0.39, 0.29) is 0 Å². The molecule has 20 heavy (non-hydrogen) atoms. The SMILES string of the molecule is CCC(C)N1CCN(c2nc(C(N)C(=O)O)cs2)CC1. The molecule has 1 fully saturated rings. The molecule has 112 valence electrons. The van der Waals surface area contributed by atoms with Gasteiger partial charge >= 0.3 is 5.97 Å². The number of nitrogens with zero attached hydrogens (tertiary/aromatic N) is 3. The molecule has 3 N–H and O–H groups in total. The number of rotatable bonds is 5. The molecule has 6 nitrogen and oxygen atoms in total. The number of carboxylic acid groups (broad SMARTS) is 1. The van der Waals surface area contributed by atoms with Gasteiger partial charge in [-0.1, -0.05) is 6.92 Å². The van der Waals surface area contributed by atoms with E-state index in [1.165, 1.54) is 11.3 Å². The Morgan fingerprint density at radius 2 is 2.15 bits per heavy atom. The summed E-state index contributed by atoms with van der Waals surface area (Å²) in [5.74, 6) is -1.04. The number of aromatic nitrogens is 1. The minimum Gasteiger partial charge on any atom is -0.480 e. The highest BCUT2D eigenvalue weighted by molar-refractivity contribution is 7.13. The lowest BCUT2D eigenvalue weighted by Gasteiger charge is -2.37. The average Bonchev–Trinajstić information content (AvgIpc) is 2.95. The molecule has 0 aliphatic carbocycles. The number of carboxylic acids is 1. The fourth-order valence-electron chi connectivity index (χ4n) is 2.30. The second-order valence-electron chi connectivity index (χ2n) is 5.15. The van der Waals surface area contributed by atoms with Crippen molar-refractivity contribution >= 4 is 22.4 Å². The van der Waals surface area contributed by atoms with Crippen molar-refractivity contribution in [2.75, 3.05) is 31.1 Å². The van der Waals surface area contributed by atoms with Gasteiger partial charge in [-0.15, -0.1) is 11.3 Å². The Kier molecular flexibility index (Phi) is 4.95. The summed E-state index contributed by atoms with van der Waals surface area (Å²) in [7, 11) is 0. The highest BCUT2D eigenvalue weighted by Crippen LogP contribution is 2.25. The number of piperazine rings is 1.